The molecular formula is C16H18N2O4. The van der Waals surface area contributed by atoms with E-state index in [4.69, 9.17) is 9.47 Å². The summed E-state index contributed by atoms with van der Waals surface area (Å²) in [5.74, 6) is 0.813. The largest absolute Gasteiger partial charge is 0.454 e. The van der Waals surface area contributed by atoms with Crippen LogP contribution in [0.2, 0.25) is 0 Å². The molecule has 22 heavy (non-hydrogen) atoms. The van der Waals surface area contributed by atoms with Crippen molar-refractivity contribution in [3.63, 3.8) is 0 Å². The lowest BCUT2D eigenvalue weighted by molar-refractivity contribution is -0.123. The fourth-order valence-corrected chi connectivity index (χ4v) is 2.84. The van der Waals surface area contributed by atoms with E-state index in [9.17, 15) is 9.59 Å². The van der Waals surface area contributed by atoms with E-state index >= 15 is 0 Å². The summed E-state index contributed by atoms with van der Waals surface area (Å²) in [6.07, 6.45) is 2.04. The molecule has 6 heteroatoms. The predicted molar refractivity (Wildman–Crippen MR) is 81.0 cm³/mol. The van der Waals surface area contributed by atoms with Crippen molar-refractivity contribution in [2.75, 3.05) is 11.7 Å². The van der Waals surface area contributed by atoms with Crippen LogP contribution < -0.4 is 19.7 Å². The quantitative estimate of drug-likeness (QED) is 0.685. The molecular weight excluding hydrogens is 284 g/mol. The van der Waals surface area contributed by atoms with Gasteiger partial charge in [-0.1, -0.05) is 19.9 Å². The first-order valence-corrected chi connectivity index (χ1v) is 7.17. The Kier molecular flexibility index (Phi) is 3.31. The number of fused-ring (bicyclic) bond motifs is 1. The molecule has 3 rings (SSSR count). The zero-order chi connectivity index (χ0) is 15.9. The van der Waals surface area contributed by atoms with Gasteiger partial charge in [0.2, 0.25) is 6.79 Å². The van der Waals surface area contributed by atoms with Crippen LogP contribution in [0, 0.1) is 5.92 Å². The number of hydrogen-bond donors (Lipinski definition) is 1. The molecule has 1 atom stereocenters. The van der Waals surface area contributed by atoms with E-state index in [1.807, 2.05) is 13.8 Å². The third-order valence-electron chi connectivity index (χ3n) is 4.18. The average molecular weight is 302 g/mol. The van der Waals surface area contributed by atoms with Gasteiger partial charge in [-0.25, -0.2) is 9.69 Å². The fourth-order valence-electron chi connectivity index (χ4n) is 2.84. The molecule has 1 aromatic carbocycles. The van der Waals surface area contributed by atoms with Crippen LogP contribution in [0.1, 0.15) is 20.3 Å². The highest BCUT2D eigenvalue weighted by Gasteiger charge is 2.53. The van der Waals surface area contributed by atoms with E-state index in [0.29, 0.717) is 23.6 Å². The van der Waals surface area contributed by atoms with Crippen LogP contribution in [0.3, 0.4) is 0 Å². The first kappa shape index (κ1) is 14.4. The molecule has 0 bridgehead atoms. The van der Waals surface area contributed by atoms with E-state index in [0.717, 1.165) is 4.90 Å². The summed E-state index contributed by atoms with van der Waals surface area (Å²) in [5, 5.41) is 2.83. The Morgan fingerprint density at radius 3 is 2.77 bits per heavy atom. The van der Waals surface area contributed by atoms with Gasteiger partial charge in [-0.05, 0) is 24.5 Å². The Morgan fingerprint density at radius 1 is 1.36 bits per heavy atom. The minimum Gasteiger partial charge on any atom is -0.454 e. The lowest BCUT2D eigenvalue weighted by Crippen LogP contribution is -2.51. The lowest BCUT2D eigenvalue weighted by Gasteiger charge is -2.29. The number of carbonyl (C=O) groups is 2. The van der Waals surface area contributed by atoms with Crippen molar-refractivity contribution in [1.29, 1.82) is 0 Å². The number of amides is 3. The number of rotatable bonds is 4. The molecule has 0 unspecified atom stereocenters. The molecule has 2 aliphatic rings. The predicted octanol–water partition coefficient (Wildman–Crippen LogP) is 2.44. The zero-order valence-electron chi connectivity index (χ0n) is 12.6. The SMILES string of the molecule is C=CC[C@@]1(C(C)C)NC(=O)N(c2ccc3c(c2)OCO3)C1=O. The summed E-state index contributed by atoms with van der Waals surface area (Å²) in [6.45, 7) is 7.66. The monoisotopic (exact) mass is 302 g/mol. The molecule has 116 valence electrons. The Morgan fingerprint density at radius 2 is 2.09 bits per heavy atom. The molecule has 2 heterocycles. The van der Waals surface area contributed by atoms with Gasteiger partial charge < -0.3 is 14.8 Å². The van der Waals surface area contributed by atoms with Crippen molar-refractivity contribution in [1.82, 2.24) is 5.32 Å². The third-order valence-corrected chi connectivity index (χ3v) is 4.18. The number of anilines is 1. The Bertz CT molecular complexity index is 656. The molecule has 0 aliphatic carbocycles. The molecule has 1 saturated heterocycles. The van der Waals surface area contributed by atoms with Gasteiger partial charge in [-0.15, -0.1) is 6.58 Å². The van der Waals surface area contributed by atoms with E-state index in [-0.39, 0.29) is 18.6 Å². The topological polar surface area (TPSA) is 67.9 Å². The van der Waals surface area contributed by atoms with Gasteiger partial charge in [0, 0.05) is 6.07 Å². The first-order valence-electron chi connectivity index (χ1n) is 7.17. The van der Waals surface area contributed by atoms with Crippen molar-refractivity contribution < 1.29 is 19.1 Å². The summed E-state index contributed by atoms with van der Waals surface area (Å²) in [7, 11) is 0. The average Bonchev–Trinajstić information content (AvgIpc) is 3.02. The number of nitrogens with zero attached hydrogens (tertiary/aromatic N) is 1. The fraction of sp³-hybridized carbons (Fsp3) is 0.375. The van der Waals surface area contributed by atoms with Crippen molar-refractivity contribution in [3.05, 3.63) is 30.9 Å². The van der Waals surface area contributed by atoms with Crippen LogP contribution in [-0.2, 0) is 4.79 Å². The molecule has 1 N–H and O–H groups in total. The van der Waals surface area contributed by atoms with Crippen LogP contribution in [0.25, 0.3) is 0 Å². The summed E-state index contributed by atoms with van der Waals surface area (Å²) in [5.41, 5.74) is -0.479. The Labute approximate surface area is 128 Å². The molecule has 1 aromatic rings. The number of urea groups is 1. The van der Waals surface area contributed by atoms with Gasteiger partial charge in [0.1, 0.15) is 5.54 Å². The second kappa shape index (κ2) is 5.05. The normalized spacial score (nSPS) is 23.1. The molecule has 0 aromatic heterocycles. The minimum absolute atomic E-state index is 0.0547. The zero-order valence-corrected chi connectivity index (χ0v) is 12.6. The standard InChI is InChI=1S/C16H18N2O4/c1-4-7-16(10(2)3)14(19)18(15(20)17-16)11-5-6-12-13(8-11)22-9-21-12/h4-6,8,10H,1,7,9H2,2-3H3,(H,17,20)/t16-/m0/s1. The molecule has 1 fully saturated rings. The lowest BCUT2D eigenvalue weighted by atomic mass is 9.83. The Balaban J connectivity index is 1.99. The maximum absolute atomic E-state index is 12.9. The van der Waals surface area contributed by atoms with Crippen LogP contribution >= 0.6 is 0 Å². The van der Waals surface area contributed by atoms with E-state index in [1.165, 1.54) is 0 Å². The Hall–Kier alpha value is -2.50. The third kappa shape index (κ3) is 1.94. The van der Waals surface area contributed by atoms with Crippen LogP contribution in [0.4, 0.5) is 10.5 Å². The minimum atomic E-state index is -0.949. The second-order valence-corrected chi connectivity index (χ2v) is 5.73. The number of imide groups is 1. The maximum Gasteiger partial charge on any atom is 0.329 e. The number of ether oxygens (including phenoxy) is 2. The van der Waals surface area contributed by atoms with Gasteiger partial charge in [0.25, 0.3) is 5.91 Å². The molecule has 2 aliphatic heterocycles. The molecule has 0 radical (unpaired) electrons. The molecule has 0 saturated carbocycles. The second-order valence-electron chi connectivity index (χ2n) is 5.73. The van der Waals surface area contributed by atoms with Crippen molar-refractivity contribution >= 4 is 17.6 Å². The highest BCUT2D eigenvalue weighted by Crippen LogP contribution is 2.38. The summed E-state index contributed by atoms with van der Waals surface area (Å²) >= 11 is 0. The van der Waals surface area contributed by atoms with Crippen LogP contribution in [0.5, 0.6) is 11.5 Å². The van der Waals surface area contributed by atoms with Crippen molar-refractivity contribution in [3.8, 4) is 11.5 Å². The maximum atomic E-state index is 12.9. The summed E-state index contributed by atoms with van der Waals surface area (Å²) in [6, 6.07) is 4.58. The van der Waals surface area contributed by atoms with E-state index < -0.39 is 11.6 Å². The highest BCUT2D eigenvalue weighted by molar-refractivity contribution is 6.23. The van der Waals surface area contributed by atoms with Gasteiger partial charge in [0.15, 0.2) is 11.5 Å². The van der Waals surface area contributed by atoms with Gasteiger partial charge >= 0.3 is 6.03 Å². The molecule has 3 amide bonds. The summed E-state index contributed by atoms with van der Waals surface area (Å²) in [4.78, 5) is 26.4. The molecule has 0 spiro atoms. The smallest absolute Gasteiger partial charge is 0.329 e. The molecule has 6 nitrogen and oxygen atoms in total. The van der Waals surface area contributed by atoms with Gasteiger partial charge in [-0.3, -0.25) is 4.79 Å². The van der Waals surface area contributed by atoms with Gasteiger partial charge in [-0.2, -0.15) is 0 Å². The van der Waals surface area contributed by atoms with E-state index in [1.54, 1.807) is 24.3 Å². The number of hydrogen-bond acceptors (Lipinski definition) is 4. The van der Waals surface area contributed by atoms with Crippen LogP contribution in [0.15, 0.2) is 30.9 Å². The van der Waals surface area contributed by atoms with Crippen molar-refractivity contribution in [2.24, 2.45) is 5.92 Å². The highest BCUT2D eigenvalue weighted by atomic mass is 16.7. The van der Waals surface area contributed by atoms with Gasteiger partial charge in [0.05, 0.1) is 5.69 Å². The first-order chi connectivity index (χ1) is 10.5. The number of benzene rings is 1. The number of nitrogens with one attached hydrogen (secondary N) is 1. The number of carbonyl (C=O) groups excluding carboxylic acids is 2. The summed E-state index contributed by atoms with van der Waals surface area (Å²) < 4.78 is 10.6. The van der Waals surface area contributed by atoms with Crippen LogP contribution in [-0.4, -0.2) is 24.3 Å². The van der Waals surface area contributed by atoms with Crippen molar-refractivity contribution in [2.45, 2.75) is 25.8 Å². The van der Waals surface area contributed by atoms with E-state index in [2.05, 4.69) is 11.9 Å².